The molecule has 0 fully saturated rings. The monoisotopic (exact) mass is 396 g/mol. The van der Waals surface area contributed by atoms with E-state index < -0.39 is 0 Å². The molecule has 6 heteroatoms. The summed E-state index contributed by atoms with van der Waals surface area (Å²) in [5.74, 6) is -0.832. The van der Waals surface area contributed by atoms with Crippen LogP contribution in [-0.2, 0) is 13.1 Å². The maximum Gasteiger partial charge on any atom is 0.268 e. The number of benzene rings is 2. The molecule has 4 rings (SSSR count). The first-order valence-corrected chi connectivity index (χ1v) is 9.68. The van der Waals surface area contributed by atoms with Crippen LogP contribution < -0.4 is 5.32 Å². The number of halogens is 2. The van der Waals surface area contributed by atoms with Crippen LogP contribution in [0.3, 0.4) is 0 Å². The van der Waals surface area contributed by atoms with Gasteiger partial charge in [0.25, 0.3) is 5.91 Å². The highest BCUT2D eigenvalue weighted by molar-refractivity contribution is 7.19. The molecule has 1 amide bonds. The average molecular weight is 396 g/mol. The molecule has 0 saturated heterocycles. The van der Waals surface area contributed by atoms with E-state index in [1.807, 2.05) is 29.7 Å². The Balaban J connectivity index is 1.62. The molecule has 2 heterocycles. The minimum Gasteiger partial charge on any atom is -0.347 e. The summed E-state index contributed by atoms with van der Waals surface area (Å²) < 4.78 is 29.6. The number of carbonyl (C=O) groups excluding carboxylic acids is 1. The first-order chi connectivity index (χ1) is 13.5. The second kappa shape index (κ2) is 7.56. The largest absolute Gasteiger partial charge is 0.347 e. The minimum atomic E-state index is -0.311. The minimum absolute atomic E-state index is 0.221. The molecule has 0 aliphatic carbocycles. The van der Waals surface area contributed by atoms with Gasteiger partial charge in [0.15, 0.2) is 0 Å². The van der Waals surface area contributed by atoms with Crippen molar-refractivity contribution in [1.29, 1.82) is 0 Å². The van der Waals surface area contributed by atoms with E-state index in [-0.39, 0.29) is 17.5 Å². The van der Waals surface area contributed by atoms with Gasteiger partial charge in [0.1, 0.15) is 17.3 Å². The quantitative estimate of drug-likeness (QED) is 0.490. The molecular weight excluding hydrogens is 378 g/mol. The van der Waals surface area contributed by atoms with E-state index >= 15 is 0 Å². The van der Waals surface area contributed by atoms with E-state index in [0.29, 0.717) is 18.8 Å². The molecule has 142 valence electrons. The van der Waals surface area contributed by atoms with Crippen LogP contribution in [0.2, 0.25) is 0 Å². The third kappa shape index (κ3) is 3.82. The Bertz CT molecular complexity index is 1150. The second-order valence-corrected chi connectivity index (χ2v) is 7.95. The van der Waals surface area contributed by atoms with Gasteiger partial charge in [-0.15, -0.1) is 11.3 Å². The molecule has 0 aliphatic heterocycles. The molecule has 0 radical (unpaired) electrons. The van der Waals surface area contributed by atoms with Crippen molar-refractivity contribution >= 4 is 27.5 Å². The Morgan fingerprint density at radius 1 is 1.00 bits per heavy atom. The van der Waals surface area contributed by atoms with E-state index in [0.717, 1.165) is 26.2 Å². The summed E-state index contributed by atoms with van der Waals surface area (Å²) in [5, 5.41) is 2.89. The molecule has 0 aliphatic rings. The Morgan fingerprint density at radius 2 is 1.79 bits per heavy atom. The van der Waals surface area contributed by atoms with Crippen molar-refractivity contribution in [1.82, 2.24) is 9.88 Å². The van der Waals surface area contributed by atoms with Crippen molar-refractivity contribution < 1.29 is 13.6 Å². The molecule has 4 aromatic rings. The van der Waals surface area contributed by atoms with E-state index in [2.05, 4.69) is 5.32 Å². The number of aromatic nitrogens is 1. The van der Waals surface area contributed by atoms with Gasteiger partial charge in [-0.25, -0.2) is 8.78 Å². The van der Waals surface area contributed by atoms with Crippen molar-refractivity contribution in [2.75, 3.05) is 0 Å². The standard InChI is InChI=1S/C22H18F2N2OS/c1-14-9-19-21(28-14)11-20(26(19)13-16-3-2-4-18(24)10-16)22(27)25-12-15-5-7-17(23)8-6-15/h2-11H,12-13H2,1H3,(H,25,27). The summed E-state index contributed by atoms with van der Waals surface area (Å²) in [4.78, 5) is 14.0. The van der Waals surface area contributed by atoms with E-state index in [9.17, 15) is 13.6 Å². The van der Waals surface area contributed by atoms with Crippen molar-refractivity contribution in [3.8, 4) is 0 Å². The van der Waals surface area contributed by atoms with E-state index in [4.69, 9.17) is 0 Å². The van der Waals surface area contributed by atoms with Crippen LogP contribution in [0, 0.1) is 18.6 Å². The maximum absolute atomic E-state index is 13.6. The van der Waals surface area contributed by atoms with Crippen molar-refractivity contribution in [3.63, 3.8) is 0 Å². The SMILES string of the molecule is Cc1cc2c(cc(C(=O)NCc3ccc(F)cc3)n2Cc2cccc(F)c2)s1. The van der Waals surface area contributed by atoms with Gasteiger partial charge in [-0.1, -0.05) is 24.3 Å². The number of nitrogens with one attached hydrogen (secondary N) is 1. The molecule has 0 atom stereocenters. The number of rotatable bonds is 5. The Kier molecular flexibility index (Phi) is 4.96. The smallest absolute Gasteiger partial charge is 0.268 e. The molecule has 2 aromatic carbocycles. The number of amides is 1. The molecule has 1 N–H and O–H groups in total. The van der Waals surface area contributed by atoms with Gasteiger partial charge < -0.3 is 9.88 Å². The Hall–Kier alpha value is -2.99. The zero-order chi connectivity index (χ0) is 19.7. The summed E-state index contributed by atoms with van der Waals surface area (Å²) in [5.41, 5.74) is 3.08. The molecule has 3 nitrogen and oxygen atoms in total. The number of hydrogen-bond acceptors (Lipinski definition) is 2. The van der Waals surface area contributed by atoms with Crippen LogP contribution in [0.4, 0.5) is 8.78 Å². The molecule has 0 unspecified atom stereocenters. The van der Waals surface area contributed by atoms with Gasteiger partial charge in [-0.05, 0) is 54.4 Å². The van der Waals surface area contributed by atoms with E-state index in [1.54, 1.807) is 29.5 Å². The highest BCUT2D eigenvalue weighted by atomic mass is 32.1. The van der Waals surface area contributed by atoms with Crippen LogP contribution in [0.25, 0.3) is 10.2 Å². The number of carbonyl (C=O) groups is 1. The second-order valence-electron chi connectivity index (χ2n) is 6.66. The van der Waals surface area contributed by atoms with E-state index in [1.165, 1.54) is 24.3 Å². The Labute approximate surface area is 165 Å². The first kappa shape index (κ1) is 18.4. The van der Waals surface area contributed by atoms with Crippen LogP contribution in [-0.4, -0.2) is 10.5 Å². The van der Waals surface area contributed by atoms with Crippen LogP contribution in [0.15, 0.2) is 60.7 Å². The van der Waals surface area contributed by atoms with Gasteiger partial charge >= 0.3 is 0 Å². The third-order valence-electron chi connectivity index (χ3n) is 4.54. The van der Waals surface area contributed by atoms with Crippen molar-refractivity contribution in [2.24, 2.45) is 0 Å². The number of thiophene rings is 1. The fourth-order valence-electron chi connectivity index (χ4n) is 3.22. The first-order valence-electron chi connectivity index (χ1n) is 8.86. The summed E-state index contributed by atoms with van der Waals surface area (Å²) in [7, 11) is 0. The van der Waals surface area contributed by atoms with Crippen LogP contribution in [0.5, 0.6) is 0 Å². The summed E-state index contributed by atoms with van der Waals surface area (Å²) in [6, 6.07) is 16.3. The van der Waals surface area contributed by atoms with Crippen molar-refractivity contribution in [3.05, 3.63) is 94.0 Å². The highest BCUT2D eigenvalue weighted by Crippen LogP contribution is 2.29. The molecule has 0 spiro atoms. The summed E-state index contributed by atoms with van der Waals surface area (Å²) >= 11 is 1.62. The molecule has 0 saturated carbocycles. The van der Waals surface area contributed by atoms with Crippen LogP contribution >= 0.6 is 11.3 Å². The predicted octanol–water partition coefficient (Wildman–Crippen LogP) is 5.27. The zero-order valence-corrected chi connectivity index (χ0v) is 16.0. The van der Waals surface area contributed by atoms with Crippen molar-refractivity contribution in [2.45, 2.75) is 20.0 Å². The zero-order valence-electron chi connectivity index (χ0n) is 15.2. The topological polar surface area (TPSA) is 34.0 Å². The van der Waals surface area contributed by atoms with Gasteiger partial charge in [-0.3, -0.25) is 4.79 Å². The van der Waals surface area contributed by atoms with Gasteiger partial charge in [-0.2, -0.15) is 0 Å². The molecule has 2 aromatic heterocycles. The fraction of sp³-hybridized carbons (Fsp3) is 0.136. The lowest BCUT2D eigenvalue weighted by molar-refractivity contribution is 0.0942. The van der Waals surface area contributed by atoms with Gasteiger partial charge in [0.05, 0.1) is 10.2 Å². The number of hydrogen-bond donors (Lipinski definition) is 1. The third-order valence-corrected chi connectivity index (χ3v) is 5.53. The normalized spacial score (nSPS) is 11.1. The summed E-state index contributed by atoms with van der Waals surface area (Å²) in [6.45, 7) is 2.72. The fourth-order valence-corrected chi connectivity index (χ4v) is 4.18. The lowest BCUT2D eigenvalue weighted by Crippen LogP contribution is -2.25. The Morgan fingerprint density at radius 3 is 2.54 bits per heavy atom. The molecule has 0 bridgehead atoms. The van der Waals surface area contributed by atoms with Gasteiger partial charge in [0.2, 0.25) is 0 Å². The summed E-state index contributed by atoms with van der Waals surface area (Å²) in [6.07, 6.45) is 0. The lowest BCUT2D eigenvalue weighted by Gasteiger charge is -2.11. The maximum atomic E-state index is 13.6. The number of nitrogens with zero attached hydrogens (tertiary/aromatic N) is 1. The number of aryl methyl sites for hydroxylation is 1. The van der Waals surface area contributed by atoms with Crippen LogP contribution in [0.1, 0.15) is 26.5 Å². The van der Waals surface area contributed by atoms with Gasteiger partial charge in [0, 0.05) is 18.0 Å². The predicted molar refractivity (Wildman–Crippen MR) is 108 cm³/mol. The number of fused-ring (bicyclic) bond motifs is 1. The lowest BCUT2D eigenvalue weighted by atomic mass is 10.2. The average Bonchev–Trinajstić information content (AvgIpc) is 3.18. The molecular formula is C22H18F2N2OS. The highest BCUT2D eigenvalue weighted by Gasteiger charge is 2.17. The molecule has 28 heavy (non-hydrogen) atoms.